The predicted octanol–water partition coefficient (Wildman–Crippen LogP) is 4.56. The van der Waals surface area contributed by atoms with E-state index in [9.17, 15) is 9.59 Å². The van der Waals surface area contributed by atoms with Gasteiger partial charge in [-0.25, -0.2) is 0 Å². The Bertz CT molecular complexity index is 780. The molecule has 1 atom stereocenters. The fourth-order valence-corrected chi connectivity index (χ4v) is 3.70. The summed E-state index contributed by atoms with van der Waals surface area (Å²) in [5, 5.41) is 5.88. The summed E-state index contributed by atoms with van der Waals surface area (Å²) in [5.74, 6) is 0.0940. The number of amides is 2. The normalized spacial score (nSPS) is 11.9. The highest BCUT2D eigenvalue weighted by atomic mass is 79.9. The van der Waals surface area contributed by atoms with E-state index in [0.717, 1.165) is 14.9 Å². The summed E-state index contributed by atoms with van der Waals surface area (Å²) in [4.78, 5) is 25.4. The zero-order chi connectivity index (χ0) is 19.1. The first-order valence-electron chi connectivity index (χ1n) is 8.44. The van der Waals surface area contributed by atoms with E-state index >= 15 is 0 Å². The van der Waals surface area contributed by atoms with Crippen molar-refractivity contribution in [3.05, 3.63) is 64.1 Å². The number of hydrogen-bond donors (Lipinski definition) is 2. The molecule has 2 aromatic carbocycles. The molecule has 0 aliphatic rings. The molecule has 0 radical (unpaired) electrons. The predicted molar refractivity (Wildman–Crippen MR) is 110 cm³/mol. The Kier molecular flexibility index (Phi) is 7.72. The molecule has 1 unspecified atom stereocenters. The zero-order valence-corrected chi connectivity index (χ0v) is 17.5. The third kappa shape index (κ3) is 6.18. The quantitative estimate of drug-likeness (QED) is 0.627. The van der Waals surface area contributed by atoms with Crippen molar-refractivity contribution in [2.75, 3.05) is 5.75 Å². The van der Waals surface area contributed by atoms with Crippen LogP contribution >= 0.6 is 27.7 Å². The Morgan fingerprint density at radius 2 is 1.77 bits per heavy atom. The van der Waals surface area contributed by atoms with E-state index in [0.29, 0.717) is 5.56 Å². The van der Waals surface area contributed by atoms with Crippen LogP contribution in [-0.4, -0.2) is 23.6 Å². The van der Waals surface area contributed by atoms with Crippen molar-refractivity contribution in [2.24, 2.45) is 0 Å². The van der Waals surface area contributed by atoms with E-state index in [1.165, 1.54) is 11.8 Å². The number of nitrogens with one attached hydrogen (secondary N) is 2. The van der Waals surface area contributed by atoms with Crippen LogP contribution in [0.5, 0.6) is 0 Å². The van der Waals surface area contributed by atoms with Gasteiger partial charge in [0.05, 0.1) is 17.4 Å². The van der Waals surface area contributed by atoms with Gasteiger partial charge in [0.15, 0.2) is 0 Å². The molecule has 6 heteroatoms. The van der Waals surface area contributed by atoms with Crippen LogP contribution in [0.3, 0.4) is 0 Å². The van der Waals surface area contributed by atoms with Crippen LogP contribution in [-0.2, 0) is 4.79 Å². The fraction of sp³-hybridized carbons (Fsp3) is 0.300. The Morgan fingerprint density at radius 1 is 1.04 bits per heavy atom. The van der Waals surface area contributed by atoms with Crippen molar-refractivity contribution in [3.63, 3.8) is 0 Å². The van der Waals surface area contributed by atoms with Crippen molar-refractivity contribution in [3.8, 4) is 0 Å². The first-order chi connectivity index (χ1) is 12.4. The third-order valence-electron chi connectivity index (χ3n) is 3.64. The second kappa shape index (κ2) is 9.78. The molecule has 0 saturated carbocycles. The average Bonchev–Trinajstić information content (AvgIpc) is 2.59. The van der Waals surface area contributed by atoms with Crippen LogP contribution in [0.25, 0.3) is 0 Å². The molecule has 0 aliphatic carbocycles. The standard InChI is InChI=1S/C20H23BrN2O2S/c1-13(2)22-19(24)12-26-18-10-5-4-9-17(18)20(25)23-14(3)15-7-6-8-16(21)11-15/h4-11,13-14H,12H2,1-3H3,(H,22,24)(H,23,25). The van der Waals surface area contributed by atoms with Gasteiger partial charge in [-0.2, -0.15) is 0 Å². The minimum Gasteiger partial charge on any atom is -0.353 e. The maximum Gasteiger partial charge on any atom is 0.252 e. The van der Waals surface area contributed by atoms with E-state index in [4.69, 9.17) is 0 Å². The molecule has 2 N–H and O–H groups in total. The first-order valence-corrected chi connectivity index (χ1v) is 10.2. The minimum atomic E-state index is -0.148. The number of rotatable bonds is 7. The van der Waals surface area contributed by atoms with Crippen LogP contribution in [0.2, 0.25) is 0 Å². The van der Waals surface area contributed by atoms with Gasteiger partial charge in [0.25, 0.3) is 5.91 Å². The van der Waals surface area contributed by atoms with Gasteiger partial charge in [-0.05, 0) is 50.6 Å². The number of halogens is 1. The summed E-state index contributed by atoms with van der Waals surface area (Å²) < 4.78 is 0.975. The maximum atomic E-state index is 12.7. The van der Waals surface area contributed by atoms with Gasteiger partial charge in [0.1, 0.15) is 0 Å². The van der Waals surface area contributed by atoms with E-state index in [1.54, 1.807) is 6.07 Å². The van der Waals surface area contributed by atoms with E-state index in [1.807, 2.05) is 63.2 Å². The van der Waals surface area contributed by atoms with Crippen molar-refractivity contribution < 1.29 is 9.59 Å². The lowest BCUT2D eigenvalue weighted by Gasteiger charge is -2.16. The van der Waals surface area contributed by atoms with Gasteiger partial charge in [0, 0.05) is 15.4 Å². The number of thioether (sulfide) groups is 1. The molecule has 26 heavy (non-hydrogen) atoms. The van der Waals surface area contributed by atoms with Crippen molar-refractivity contribution in [1.29, 1.82) is 0 Å². The summed E-state index contributed by atoms with van der Waals surface area (Å²) >= 11 is 4.82. The second-order valence-corrected chi connectivity index (χ2v) is 8.19. The van der Waals surface area contributed by atoms with Gasteiger partial charge in [0.2, 0.25) is 5.91 Å². The smallest absolute Gasteiger partial charge is 0.252 e. The second-order valence-electron chi connectivity index (χ2n) is 6.26. The molecule has 0 aliphatic heterocycles. The van der Waals surface area contributed by atoms with Crippen molar-refractivity contribution in [1.82, 2.24) is 10.6 Å². The molecular weight excluding hydrogens is 412 g/mol. The lowest BCUT2D eigenvalue weighted by Crippen LogP contribution is -2.31. The highest BCUT2D eigenvalue weighted by molar-refractivity contribution is 9.10. The van der Waals surface area contributed by atoms with Crippen LogP contribution in [0.4, 0.5) is 0 Å². The Balaban J connectivity index is 2.05. The number of carbonyl (C=O) groups excluding carboxylic acids is 2. The Morgan fingerprint density at radius 3 is 2.46 bits per heavy atom. The first kappa shape index (κ1) is 20.5. The van der Waals surface area contributed by atoms with Crippen LogP contribution < -0.4 is 10.6 Å². The van der Waals surface area contributed by atoms with E-state index < -0.39 is 0 Å². The molecule has 0 bridgehead atoms. The molecular formula is C20H23BrN2O2S. The van der Waals surface area contributed by atoms with E-state index in [-0.39, 0.29) is 29.7 Å². The third-order valence-corrected chi connectivity index (χ3v) is 5.20. The summed E-state index contributed by atoms with van der Waals surface area (Å²) in [5.41, 5.74) is 1.60. The highest BCUT2D eigenvalue weighted by Crippen LogP contribution is 2.24. The SMILES string of the molecule is CC(C)NC(=O)CSc1ccccc1C(=O)NC(C)c1cccc(Br)c1. The molecule has 0 fully saturated rings. The summed E-state index contributed by atoms with van der Waals surface area (Å²) in [6, 6.07) is 15.2. The molecule has 138 valence electrons. The zero-order valence-electron chi connectivity index (χ0n) is 15.1. The molecule has 0 saturated heterocycles. The molecule has 2 aromatic rings. The topological polar surface area (TPSA) is 58.2 Å². The van der Waals surface area contributed by atoms with Gasteiger partial charge in [-0.1, -0.05) is 40.2 Å². The van der Waals surface area contributed by atoms with Gasteiger partial charge < -0.3 is 10.6 Å². The lowest BCUT2D eigenvalue weighted by atomic mass is 10.1. The fourth-order valence-electron chi connectivity index (χ4n) is 2.42. The Labute approximate surface area is 167 Å². The molecule has 4 nitrogen and oxygen atoms in total. The monoisotopic (exact) mass is 434 g/mol. The van der Waals surface area contributed by atoms with Crippen LogP contribution in [0.15, 0.2) is 57.9 Å². The van der Waals surface area contributed by atoms with Gasteiger partial charge >= 0.3 is 0 Å². The summed E-state index contributed by atoms with van der Waals surface area (Å²) in [6.45, 7) is 5.80. The average molecular weight is 435 g/mol. The number of hydrogen-bond acceptors (Lipinski definition) is 3. The number of carbonyl (C=O) groups is 2. The number of benzene rings is 2. The maximum absolute atomic E-state index is 12.7. The molecule has 0 aromatic heterocycles. The highest BCUT2D eigenvalue weighted by Gasteiger charge is 2.16. The lowest BCUT2D eigenvalue weighted by molar-refractivity contribution is -0.119. The van der Waals surface area contributed by atoms with Gasteiger partial charge in [-0.3, -0.25) is 9.59 Å². The molecule has 2 amide bonds. The van der Waals surface area contributed by atoms with Crippen molar-refractivity contribution in [2.45, 2.75) is 37.8 Å². The van der Waals surface area contributed by atoms with E-state index in [2.05, 4.69) is 26.6 Å². The van der Waals surface area contributed by atoms with Gasteiger partial charge in [-0.15, -0.1) is 11.8 Å². The minimum absolute atomic E-state index is 0.0392. The summed E-state index contributed by atoms with van der Waals surface area (Å²) in [7, 11) is 0. The Hall–Kier alpha value is -1.79. The molecule has 0 spiro atoms. The molecule has 2 rings (SSSR count). The van der Waals surface area contributed by atoms with Crippen LogP contribution in [0, 0.1) is 0 Å². The largest absolute Gasteiger partial charge is 0.353 e. The van der Waals surface area contributed by atoms with Crippen molar-refractivity contribution >= 4 is 39.5 Å². The summed E-state index contributed by atoms with van der Waals surface area (Å²) in [6.07, 6.45) is 0. The van der Waals surface area contributed by atoms with Crippen LogP contribution in [0.1, 0.15) is 42.7 Å². The molecule has 0 heterocycles.